The van der Waals surface area contributed by atoms with Crippen molar-refractivity contribution in [3.8, 4) is 6.07 Å². The third-order valence-corrected chi connectivity index (χ3v) is 5.05. The molecule has 0 atom stereocenters. The summed E-state index contributed by atoms with van der Waals surface area (Å²) < 4.78 is 0. The third-order valence-electron chi connectivity index (χ3n) is 5.05. The van der Waals surface area contributed by atoms with Crippen LogP contribution < -0.4 is 15.5 Å². The molecule has 128 valence electrons. The predicted octanol–water partition coefficient (Wildman–Crippen LogP) is 1.74. The zero-order chi connectivity index (χ0) is 17.0. The maximum absolute atomic E-state index is 11.9. The van der Waals surface area contributed by atoms with Crippen molar-refractivity contribution >= 4 is 11.7 Å². The van der Waals surface area contributed by atoms with Crippen LogP contribution >= 0.6 is 0 Å². The molecular weight excluding hydrogens is 304 g/mol. The van der Waals surface area contributed by atoms with Crippen molar-refractivity contribution in [2.24, 2.45) is 0 Å². The number of nitrogens with one attached hydrogen (secondary N) is 2. The van der Waals surface area contributed by atoms with Gasteiger partial charge in [0.2, 0.25) is 0 Å². The third kappa shape index (κ3) is 3.98. The summed E-state index contributed by atoms with van der Waals surface area (Å²) in [6.45, 7) is 2.09. The van der Waals surface area contributed by atoms with Crippen LogP contribution in [0.15, 0.2) is 24.3 Å². The number of piperidine rings is 1. The molecule has 0 bridgehead atoms. The van der Waals surface area contributed by atoms with E-state index in [2.05, 4.69) is 21.6 Å². The molecule has 1 aromatic rings. The van der Waals surface area contributed by atoms with Gasteiger partial charge in [-0.2, -0.15) is 5.26 Å². The van der Waals surface area contributed by atoms with Crippen molar-refractivity contribution in [3.63, 3.8) is 0 Å². The van der Waals surface area contributed by atoms with Crippen LogP contribution in [-0.2, 0) is 0 Å². The number of urea groups is 1. The van der Waals surface area contributed by atoms with Gasteiger partial charge in [0.05, 0.1) is 17.2 Å². The van der Waals surface area contributed by atoms with Crippen LogP contribution in [0.25, 0.3) is 0 Å². The molecule has 1 aliphatic heterocycles. The monoisotopic (exact) mass is 328 g/mol. The number of hydrogen-bond acceptors (Lipinski definition) is 4. The van der Waals surface area contributed by atoms with Crippen molar-refractivity contribution in [1.29, 1.82) is 5.26 Å². The van der Waals surface area contributed by atoms with Gasteiger partial charge in [-0.15, -0.1) is 0 Å². The molecule has 6 heteroatoms. The Morgan fingerprint density at radius 1 is 1.29 bits per heavy atom. The number of anilines is 1. The quantitative estimate of drug-likeness (QED) is 0.785. The van der Waals surface area contributed by atoms with Gasteiger partial charge in [0.25, 0.3) is 0 Å². The standard InChI is InChI=1S/C18H24N4O2/c19-12-14-2-4-16(5-3-14)22-10-6-15(7-11-22)21-17(23)20-13-18(24)8-1-9-18/h2-5,15,24H,1,6-11,13H2,(H2,20,21,23). The van der Waals surface area contributed by atoms with E-state index in [0.29, 0.717) is 12.1 Å². The SMILES string of the molecule is N#Cc1ccc(N2CCC(NC(=O)NCC3(O)CCC3)CC2)cc1. The van der Waals surface area contributed by atoms with E-state index in [1.54, 1.807) is 0 Å². The van der Waals surface area contributed by atoms with Gasteiger partial charge in [-0.05, 0) is 56.4 Å². The minimum absolute atomic E-state index is 0.163. The fraction of sp³-hybridized carbons (Fsp3) is 0.556. The van der Waals surface area contributed by atoms with Crippen molar-refractivity contribution in [2.75, 3.05) is 24.5 Å². The smallest absolute Gasteiger partial charge is 0.315 e. The van der Waals surface area contributed by atoms with Crippen molar-refractivity contribution in [1.82, 2.24) is 10.6 Å². The lowest BCUT2D eigenvalue weighted by Gasteiger charge is -2.37. The summed E-state index contributed by atoms with van der Waals surface area (Å²) >= 11 is 0. The topological polar surface area (TPSA) is 88.4 Å². The Labute approximate surface area is 142 Å². The van der Waals surface area contributed by atoms with E-state index < -0.39 is 5.60 Å². The van der Waals surface area contributed by atoms with Crippen LogP contribution in [-0.4, -0.2) is 42.4 Å². The molecule has 2 aliphatic rings. The number of carbonyl (C=O) groups is 1. The molecule has 1 saturated heterocycles. The summed E-state index contributed by atoms with van der Waals surface area (Å²) in [5, 5.41) is 24.6. The van der Waals surface area contributed by atoms with E-state index in [9.17, 15) is 9.90 Å². The summed E-state index contributed by atoms with van der Waals surface area (Å²) in [5.41, 5.74) is 1.10. The average Bonchev–Trinajstić information content (AvgIpc) is 2.59. The maximum atomic E-state index is 11.9. The predicted molar refractivity (Wildman–Crippen MR) is 91.7 cm³/mol. The molecule has 3 N–H and O–H groups in total. The number of nitriles is 1. The van der Waals surface area contributed by atoms with Crippen molar-refractivity contribution in [2.45, 2.75) is 43.7 Å². The van der Waals surface area contributed by atoms with Gasteiger partial charge in [-0.25, -0.2) is 4.79 Å². The van der Waals surface area contributed by atoms with E-state index in [0.717, 1.165) is 50.9 Å². The number of hydrogen-bond donors (Lipinski definition) is 3. The summed E-state index contributed by atoms with van der Waals surface area (Å²) in [4.78, 5) is 14.2. The van der Waals surface area contributed by atoms with Crippen LogP contribution in [0.2, 0.25) is 0 Å². The summed E-state index contributed by atoms with van der Waals surface area (Å²) in [7, 11) is 0. The van der Waals surface area contributed by atoms with Gasteiger partial charge in [0.1, 0.15) is 0 Å². The molecule has 6 nitrogen and oxygen atoms in total. The molecular formula is C18H24N4O2. The molecule has 2 amide bonds. The molecule has 24 heavy (non-hydrogen) atoms. The van der Waals surface area contributed by atoms with Gasteiger partial charge >= 0.3 is 6.03 Å². The van der Waals surface area contributed by atoms with Crippen LogP contribution in [0.1, 0.15) is 37.7 Å². The second kappa shape index (κ2) is 7.10. The highest BCUT2D eigenvalue weighted by atomic mass is 16.3. The van der Waals surface area contributed by atoms with E-state index in [1.165, 1.54) is 0 Å². The van der Waals surface area contributed by atoms with E-state index >= 15 is 0 Å². The summed E-state index contributed by atoms with van der Waals surface area (Å²) in [5.74, 6) is 0. The van der Waals surface area contributed by atoms with Gasteiger partial charge < -0.3 is 20.6 Å². The van der Waals surface area contributed by atoms with Crippen molar-refractivity contribution in [3.05, 3.63) is 29.8 Å². The maximum Gasteiger partial charge on any atom is 0.315 e. The van der Waals surface area contributed by atoms with Crippen molar-refractivity contribution < 1.29 is 9.90 Å². The van der Waals surface area contributed by atoms with E-state index in [4.69, 9.17) is 5.26 Å². The Morgan fingerprint density at radius 2 is 1.96 bits per heavy atom. The summed E-state index contributed by atoms with van der Waals surface area (Å²) in [6.07, 6.45) is 4.36. The van der Waals surface area contributed by atoms with Gasteiger partial charge in [0, 0.05) is 31.4 Å². The number of nitrogens with zero attached hydrogens (tertiary/aromatic N) is 2. The highest BCUT2D eigenvalue weighted by molar-refractivity contribution is 5.74. The number of amides is 2. The normalized spacial score (nSPS) is 19.9. The van der Waals surface area contributed by atoms with Crippen LogP contribution in [0.4, 0.5) is 10.5 Å². The van der Waals surface area contributed by atoms with E-state index in [-0.39, 0.29) is 12.1 Å². The van der Waals surface area contributed by atoms with Gasteiger partial charge in [-0.1, -0.05) is 0 Å². The Bertz CT molecular complexity index is 611. The first kappa shape index (κ1) is 16.6. The molecule has 1 aliphatic carbocycles. The number of benzene rings is 1. The van der Waals surface area contributed by atoms with Gasteiger partial charge in [0.15, 0.2) is 0 Å². The lowest BCUT2D eigenvalue weighted by Crippen LogP contribution is -2.53. The van der Waals surface area contributed by atoms with Crippen LogP contribution in [0.3, 0.4) is 0 Å². The summed E-state index contributed by atoms with van der Waals surface area (Å²) in [6, 6.07) is 9.71. The molecule has 1 heterocycles. The fourth-order valence-corrected chi connectivity index (χ4v) is 3.27. The molecule has 1 aromatic carbocycles. The zero-order valence-electron chi connectivity index (χ0n) is 13.8. The Balaban J connectivity index is 1.41. The van der Waals surface area contributed by atoms with E-state index in [1.807, 2.05) is 24.3 Å². The van der Waals surface area contributed by atoms with Gasteiger partial charge in [-0.3, -0.25) is 0 Å². The average molecular weight is 328 g/mol. The fourth-order valence-electron chi connectivity index (χ4n) is 3.27. The molecule has 1 saturated carbocycles. The first-order valence-corrected chi connectivity index (χ1v) is 8.60. The highest BCUT2D eigenvalue weighted by Gasteiger charge is 2.34. The van der Waals surface area contributed by atoms with Crippen LogP contribution in [0.5, 0.6) is 0 Å². The first-order chi connectivity index (χ1) is 11.6. The number of carbonyl (C=O) groups excluding carboxylic acids is 1. The lowest BCUT2D eigenvalue weighted by atomic mass is 9.80. The zero-order valence-corrected chi connectivity index (χ0v) is 13.8. The molecule has 0 unspecified atom stereocenters. The highest BCUT2D eigenvalue weighted by Crippen LogP contribution is 2.30. The first-order valence-electron chi connectivity index (χ1n) is 8.60. The molecule has 0 spiro atoms. The molecule has 3 rings (SSSR count). The number of rotatable bonds is 4. The molecule has 0 aromatic heterocycles. The Hall–Kier alpha value is -2.26. The molecule has 0 radical (unpaired) electrons. The second-order valence-electron chi connectivity index (χ2n) is 6.82. The lowest BCUT2D eigenvalue weighted by molar-refractivity contribution is -0.0290. The largest absolute Gasteiger partial charge is 0.388 e. The Morgan fingerprint density at radius 3 is 2.50 bits per heavy atom. The minimum atomic E-state index is -0.684. The van der Waals surface area contributed by atoms with Crippen LogP contribution in [0, 0.1) is 11.3 Å². The number of aliphatic hydroxyl groups is 1. The minimum Gasteiger partial charge on any atom is -0.388 e. The molecule has 2 fully saturated rings. The second-order valence-corrected chi connectivity index (χ2v) is 6.82. The Kier molecular flexibility index (Phi) is 4.91.